The van der Waals surface area contributed by atoms with E-state index < -0.39 is 0 Å². The van der Waals surface area contributed by atoms with Gasteiger partial charge >= 0.3 is 6.01 Å². The summed E-state index contributed by atoms with van der Waals surface area (Å²) in [5.74, 6) is -0.0688. The molecule has 2 fully saturated rings. The molecule has 3 heterocycles. The van der Waals surface area contributed by atoms with Crippen LogP contribution in [0.1, 0.15) is 29.4 Å². The number of hydrogen-bond donors (Lipinski definition) is 1. The van der Waals surface area contributed by atoms with E-state index in [1.54, 1.807) is 0 Å². The molecule has 2 aliphatic heterocycles. The SMILES string of the molecule is CCCOc1nc(C(=O)N2CCNC[C@H]2Cc2ccccc2)c(-c2ccccc2)n1-c1cccc(N2CCOCC2)c1. The average Bonchev–Trinajstić information content (AvgIpc) is 3.44. The number of morpholine rings is 1. The Balaban J connectivity index is 1.45. The van der Waals surface area contributed by atoms with Crippen molar-refractivity contribution >= 4 is 11.6 Å². The molecule has 0 saturated carbocycles. The normalized spacial score (nSPS) is 17.3. The van der Waals surface area contributed by atoms with Crippen LogP contribution < -0.4 is 15.0 Å². The summed E-state index contributed by atoms with van der Waals surface area (Å²) in [6.45, 7) is 7.79. The molecule has 8 nitrogen and oxygen atoms in total. The molecular weight excluding hydrogens is 526 g/mol. The monoisotopic (exact) mass is 565 g/mol. The maximum atomic E-state index is 14.5. The Kier molecular flexibility index (Phi) is 8.82. The lowest BCUT2D eigenvalue weighted by Gasteiger charge is -2.36. The number of amides is 1. The summed E-state index contributed by atoms with van der Waals surface area (Å²) in [6, 6.07) is 29.3. The van der Waals surface area contributed by atoms with Crippen molar-refractivity contribution in [1.82, 2.24) is 19.8 Å². The molecule has 0 unspecified atom stereocenters. The van der Waals surface area contributed by atoms with Gasteiger partial charge in [0.25, 0.3) is 5.91 Å². The first-order valence-electron chi connectivity index (χ1n) is 15.0. The Hall–Kier alpha value is -4.14. The summed E-state index contributed by atoms with van der Waals surface area (Å²) in [5.41, 5.74) is 5.34. The molecule has 1 atom stereocenters. The third kappa shape index (κ3) is 6.05. The highest BCUT2D eigenvalue weighted by Gasteiger charge is 2.33. The molecule has 1 N–H and O–H groups in total. The summed E-state index contributed by atoms with van der Waals surface area (Å²) >= 11 is 0. The third-order valence-corrected chi connectivity index (χ3v) is 7.92. The first-order valence-corrected chi connectivity index (χ1v) is 15.0. The highest BCUT2D eigenvalue weighted by Crippen LogP contribution is 2.35. The van der Waals surface area contributed by atoms with E-state index in [0.717, 1.165) is 61.7 Å². The Morgan fingerprint density at radius 1 is 0.952 bits per heavy atom. The summed E-state index contributed by atoms with van der Waals surface area (Å²) in [5, 5.41) is 3.49. The van der Waals surface area contributed by atoms with Crippen LogP contribution >= 0.6 is 0 Å². The first kappa shape index (κ1) is 28.0. The molecule has 1 amide bonds. The molecule has 0 aliphatic carbocycles. The molecule has 3 aromatic carbocycles. The molecule has 0 spiro atoms. The molecule has 2 saturated heterocycles. The first-order chi connectivity index (χ1) is 20.7. The van der Waals surface area contributed by atoms with Crippen molar-refractivity contribution in [3.8, 4) is 23.0 Å². The number of aromatic nitrogens is 2. The summed E-state index contributed by atoms with van der Waals surface area (Å²) in [6.07, 6.45) is 1.61. The average molecular weight is 566 g/mol. The number of nitrogens with one attached hydrogen (secondary N) is 1. The van der Waals surface area contributed by atoms with Crippen LogP contribution in [-0.4, -0.2) is 78.9 Å². The van der Waals surface area contributed by atoms with Crippen LogP contribution in [0.15, 0.2) is 84.9 Å². The van der Waals surface area contributed by atoms with Crippen LogP contribution in [-0.2, 0) is 11.2 Å². The van der Waals surface area contributed by atoms with Crippen LogP contribution in [0, 0.1) is 0 Å². The Morgan fingerprint density at radius 2 is 1.69 bits per heavy atom. The molecule has 6 rings (SSSR count). The number of imidazole rings is 1. The predicted molar refractivity (Wildman–Crippen MR) is 166 cm³/mol. The molecule has 0 bridgehead atoms. The van der Waals surface area contributed by atoms with Gasteiger partial charge in [0, 0.05) is 50.0 Å². The van der Waals surface area contributed by atoms with Gasteiger partial charge in [-0.05, 0) is 36.6 Å². The molecule has 8 heteroatoms. The van der Waals surface area contributed by atoms with Gasteiger partial charge in [-0.3, -0.25) is 9.36 Å². The van der Waals surface area contributed by atoms with Crippen LogP contribution in [0.2, 0.25) is 0 Å². The van der Waals surface area contributed by atoms with Crippen LogP contribution in [0.4, 0.5) is 5.69 Å². The second kappa shape index (κ2) is 13.2. The fourth-order valence-electron chi connectivity index (χ4n) is 5.82. The molecule has 4 aromatic rings. The predicted octanol–water partition coefficient (Wildman–Crippen LogP) is 4.82. The van der Waals surface area contributed by atoms with Crippen LogP contribution in [0.5, 0.6) is 6.01 Å². The lowest BCUT2D eigenvalue weighted by atomic mass is 10.0. The van der Waals surface area contributed by atoms with Crippen molar-refractivity contribution < 1.29 is 14.3 Å². The van der Waals surface area contributed by atoms with Gasteiger partial charge in [-0.15, -0.1) is 0 Å². The Labute approximate surface area is 247 Å². The van der Waals surface area contributed by atoms with Gasteiger partial charge in [0.15, 0.2) is 5.69 Å². The summed E-state index contributed by atoms with van der Waals surface area (Å²) in [7, 11) is 0. The number of anilines is 1. The minimum Gasteiger partial charge on any atom is -0.464 e. The fraction of sp³-hybridized carbons (Fsp3) is 0.353. The molecule has 2 aliphatic rings. The van der Waals surface area contributed by atoms with Crippen molar-refractivity contribution in [2.45, 2.75) is 25.8 Å². The van der Waals surface area contributed by atoms with E-state index >= 15 is 0 Å². The minimum absolute atomic E-state index is 0.0204. The maximum Gasteiger partial charge on any atom is 0.302 e. The summed E-state index contributed by atoms with van der Waals surface area (Å²) in [4.78, 5) is 23.8. The van der Waals surface area contributed by atoms with Gasteiger partial charge in [0.05, 0.1) is 31.2 Å². The molecule has 42 heavy (non-hydrogen) atoms. The van der Waals surface area contributed by atoms with Crippen molar-refractivity contribution in [2.24, 2.45) is 0 Å². The number of benzene rings is 3. The Morgan fingerprint density at radius 3 is 2.45 bits per heavy atom. The highest BCUT2D eigenvalue weighted by molar-refractivity contribution is 5.99. The number of hydrogen-bond acceptors (Lipinski definition) is 6. The van der Waals surface area contributed by atoms with Gasteiger partial charge in [-0.25, -0.2) is 0 Å². The van der Waals surface area contributed by atoms with Gasteiger partial charge < -0.3 is 24.6 Å². The number of carbonyl (C=O) groups is 1. The van der Waals surface area contributed by atoms with Crippen LogP contribution in [0.3, 0.4) is 0 Å². The number of nitrogens with zero attached hydrogens (tertiary/aromatic N) is 4. The minimum atomic E-state index is -0.0688. The number of piperazine rings is 1. The zero-order valence-corrected chi connectivity index (χ0v) is 24.2. The van der Waals surface area contributed by atoms with E-state index in [9.17, 15) is 4.79 Å². The summed E-state index contributed by atoms with van der Waals surface area (Å²) < 4.78 is 13.9. The van der Waals surface area contributed by atoms with E-state index in [1.807, 2.05) is 45.9 Å². The molecule has 0 radical (unpaired) electrons. The molecular formula is C34H39N5O3. The van der Waals surface area contributed by atoms with Gasteiger partial charge in [0.2, 0.25) is 0 Å². The van der Waals surface area contributed by atoms with Crippen molar-refractivity contribution in [3.05, 3.63) is 96.2 Å². The fourth-order valence-corrected chi connectivity index (χ4v) is 5.82. The standard InChI is InChI=1S/C34H39N5O3/c1-2-20-42-34-36-31(33(40)38-17-16-35-25-30(38)23-26-10-5-3-6-11-26)32(27-12-7-4-8-13-27)39(34)29-15-9-14-28(24-29)37-18-21-41-22-19-37/h3-15,24,30,35H,2,16-23,25H2,1H3/t30-/m1/s1. The zero-order chi connectivity index (χ0) is 28.7. The van der Waals surface area contributed by atoms with E-state index in [2.05, 4.69) is 65.7 Å². The topological polar surface area (TPSA) is 71.9 Å². The smallest absolute Gasteiger partial charge is 0.302 e. The third-order valence-electron chi connectivity index (χ3n) is 7.92. The number of rotatable bonds is 9. The lowest BCUT2D eigenvalue weighted by molar-refractivity contribution is 0.0630. The van der Waals surface area contributed by atoms with Crippen molar-refractivity contribution in [2.75, 3.05) is 57.4 Å². The van der Waals surface area contributed by atoms with E-state index in [0.29, 0.717) is 38.1 Å². The number of ether oxygens (including phenoxy) is 2. The maximum absolute atomic E-state index is 14.5. The quantitative estimate of drug-likeness (QED) is 0.314. The molecule has 1 aromatic heterocycles. The van der Waals surface area contributed by atoms with E-state index in [4.69, 9.17) is 14.5 Å². The second-order valence-corrected chi connectivity index (χ2v) is 10.8. The highest BCUT2D eigenvalue weighted by atomic mass is 16.5. The molecule has 218 valence electrons. The van der Waals surface area contributed by atoms with Gasteiger partial charge in [-0.2, -0.15) is 4.98 Å². The second-order valence-electron chi connectivity index (χ2n) is 10.8. The van der Waals surface area contributed by atoms with E-state index in [1.165, 1.54) is 5.56 Å². The lowest BCUT2D eigenvalue weighted by Crippen LogP contribution is -2.54. The Bertz CT molecular complexity index is 1470. The van der Waals surface area contributed by atoms with Crippen molar-refractivity contribution in [1.29, 1.82) is 0 Å². The van der Waals surface area contributed by atoms with Crippen molar-refractivity contribution in [3.63, 3.8) is 0 Å². The zero-order valence-electron chi connectivity index (χ0n) is 24.2. The van der Waals surface area contributed by atoms with Gasteiger partial charge in [0.1, 0.15) is 0 Å². The van der Waals surface area contributed by atoms with E-state index in [-0.39, 0.29) is 11.9 Å². The van der Waals surface area contributed by atoms with Gasteiger partial charge in [-0.1, -0.05) is 73.7 Å². The largest absolute Gasteiger partial charge is 0.464 e. The number of carbonyl (C=O) groups excluding carboxylic acids is 1. The van der Waals surface area contributed by atoms with Crippen LogP contribution in [0.25, 0.3) is 16.9 Å².